The van der Waals surface area contributed by atoms with Crippen molar-refractivity contribution in [1.29, 1.82) is 0 Å². The third kappa shape index (κ3) is 3.43. The zero-order valence-corrected chi connectivity index (χ0v) is 20.6. The second kappa shape index (κ2) is 8.27. The maximum absolute atomic E-state index is 13.4. The molecule has 2 aliphatic rings. The van der Waals surface area contributed by atoms with Crippen LogP contribution in [0.15, 0.2) is 29.1 Å². The summed E-state index contributed by atoms with van der Waals surface area (Å²) in [4.78, 5) is 27.8. The zero-order chi connectivity index (χ0) is 24.3. The fraction of sp³-hybridized carbons (Fsp3) is 0.429. The zero-order valence-electron chi connectivity index (χ0n) is 20.6. The summed E-state index contributed by atoms with van der Waals surface area (Å²) < 4.78 is 7.07. The number of hydrogen-bond donors (Lipinski definition) is 1. The van der Waals surface area contributed by atoms with Gasteiger partial charge in [0.15, 0.2) is 0 Å². The Kier molecular flexibility index (Phi) is 5.52. The standard InChI is InChI=1S/C28H32N2O4/c1-6-18-19-7-8-25(31)22(13-29(5)11-15(2)3)21(19)9-17-12-30-24(26(17)18)10-20-16(4)28(33)34-14-23(20)27(30)32/h7-10,15-16,31H,6,11-14H2,1-5H3/t16-/m1/s1. The molecule has 0 bridgehead atoms. The summed E-state index contributed by atoms with van der Waals surface area (Å²) in [6.45, 7) is 10.4. The maximum atomic E-state index is 13.4. The minimum absolute atomic E-state index is 0.0385. The number of aromatic hydroxyl groups is 1. The first-order valence-electron chi connectivity index (χ1n) is 12.1. The van der Waals surface area contributed by atoms with Crippen LogP contribution in [0.3, 0.4) is 0 Å². The van der Waals surface area contributed by atoms with Crippen molar-refractivity contribution in [2.24, 2.45) is 5.92 Å². The van der Waals surface area contributed by atoms with Crippen molar-refractivity contribution < 1.29 is 14.6 Å². The third-order valence-electron chi connectivity index (χ3n) is 7.26. The molecule has 2 aromatic carbocycles. The largest absolute Gasteiger partial charge is 0.508 e. The molecule has 0 radical (unpaired) electrons. The van der Waals surface area contributed by atoms with Crippen LogP contribution in [0.25, 0.3) is 22.0 Å². The van der Waals surface area contributed by atoms with Gasteiger partial charge in [-0.3, -0.25) is 9.59 Å². The quantitative estimate of drug-likeness (QED) is 0.443. The molecule has 0 unspecified atom stereocenters. The number of aryl methyl sites for hydroxylation is 1. The Labute approximate surface area is 199 Å². The molecule has 1 atom stereocenters. The molecule has 0 saturated carbocycles. The van der Waals surface area contributed by atoms with Crippen molar-refractivity contribution in [3.63, 3.8) is 0 Å². The van der Waals surface area contributed by atoms with Crippen LogP contribution in [0.1, 0.15) is 61.4 Å². The van der Waals surface area contributed by atoms with Crippen molar-refractivity contribution >= 4 is 16.7 Å². The van der Waals surface area contributed by atoms with E-state index in [0.717, 1.165) is 51.7 Å². The average Bonchev–Trinajstić information content (AvgIpc) is 3.15. The molecule has 0 saturated heterocycles. The first kappa shape index (κ1) is 22.7. The lowest BCUT2D eigenvalue weighted by Crippen LogP contribution is -2.31. The third-order valence-corrected chi connectivity index (χ3v) is 7.26. The highest BCUT2D eigenvalue weighted by Gasteiger charge is 2.33. The summed E-state index contributed by atoms with van der Waals surface area (Å²) in [6.07, 6.45) is 0.800. The van der Waals surface area contributed by atoms with E-state index in [9.17, 15) is 14.7 Å². The topological polar surface area (TPSA) is 71.8 Å². The predicted molar refractivity (Wildman–Crippen MR) is 133 cm³/mol. The first-order valence-corrected chi connectivity index (χ1v) is 12.1. The number of ether oxygens (including phenoxy) is 1. The number of pyridine rings is 1. The number of nitrogens with zero attached hydrogens (tertiary/aromatic N) is 2. The van der Waals surface area contributed by atoms with E-state index in [-0.39, 0.29) is 18.1 Å². The number of esters is 1. The van der Waals surface area contributed by atoms with Gasteiger partial charge >= 0.3 is 5.97 Å². The Morgan fingerprint density at radius 1 is 1.18 bits per heavy atom. The summed E-state index contributed by atoms with van der Waals surface area (Å²) in [6, 6.07) is 7.96. The van der Waals surface area contributed by atoms with Crippen LogP contribution >= 0.6 is 0 Å². The molecule has 0 amide bonds. The summed E-state index contributed by atoms with van der Waals surface area (Å²) >= 11 is 0. The summed E-state index contributed by atoms with van der Waals surface area (Å²) in [5.41, 5.74) is 6.45. The van der Waals surface area contributed by atoms with Gasteiger partial charge in [-0.25, -0.2) is 0 Å². The SMILES string of the molecule is CCc1c2c(cc3c(CN(C)CC(C)C)c(O)ccc13)Cn1c-2cc2c(c1=O)COC(=O)[C@@H]2C. The molecular formula is C28H32N2O4. The van der Waals surface area contributed by atoms with Crippen molar-refractivity contribution in [1.82, 2.24) is 9.47 Å². The number of phenolic OH excluding ortho intramolecular Hbond substituents is 1. The Bertz CT molecular complexity index is 1390. The second-order valence-electron chi connectivity index (χ2n) is 10.2. The monoisotopic (exact) mass is 460 g/mol. The van der Waals surface area contributed by atoms with Crippen LogP contribution in [0.4, 0.5) is 0 Å². The first-order chi connectivity index (χ1) is 16.2. The molecule has 0 spiro atoms. The van der Waals surface area contributed by atoms with E-state index in [1.807, 2.05) is 16.7 Å². The molecule has 6 nitrogen and oxygen atoms in total. The van der Waals surface area contributed by atoms with Gasteiger partial charge in [-0.05, 0) is 72.0 Å². The van der Waals surface area contributed by atoms with E-state index in [0.29, 0.717) is 30.3 Å². The number of carbonyl (C=O) groups is 1. The number of aromatic nitrogens is 1. The molecule has 3 aromatic rings. The van der Waals surface area contributed by atoms with Crippen LogP contribution in [0.2, 0.25) is 0 Å². The van der Waals surface area contributed by atoms with E-state index >= 15 is 0 Å². The summed E-state index contributed by atoms with van der Waals surface area (Å²) in [5.74, 6) is 0.105. The number of carbonyl (C=O) groups excluding carboxylic acids is 1. The molecule has 1 aromatic heterocycles. The molecule has 178 valence electrons. The van der Waals surface area contributed by atoms with Gasteiger partial charge in [0.25, 0.3) is 5.56 Å². The van der Waals surface area contributed by atoms with Crippen LogP contribution in [-0.2, 0) is 35.6 Å². The van der Waals surface area contributed by atoms with E-state index in [1.165, 1.54) is 5.56 Å². The normalized spacial score (nSPS) is 16.7. The molecule has 6 heteroatoms. The number of rotatable bonds is 5. The lowest BCUT2D eigenvalue weighted by molar-refractivity contribution is -0.147. The van der Waals surface area contributed by atoms with E-state index in [4.69, 9.17) is 4.74 Å². The molecular weight excluding hydrogens is 428 g/mol. The van der Waals surface area contributed by atoms with Crippen LogP contribution < -0.4 is 5.56 Å². The van der Waals surface area contributed by atoms with Gasteiger partial charge in [-0.15, -0.1) is 0 Å². The Hall–Kier alpha value is -3.12. The summed E-state index contributed by atoms with van der Waals surface area (Å²) in [5, 5.41) is 12.9. The van der Waals surface area contributed by atoms with Crippen molar-refractivity contribution in [3.8, 4) is 17.0 Å². The van der Waals surface area contributed by atoms with E-state index in [2.05, 4.69) is 38.8 Å². The average molecular weight is 461 g/mol. The lowest BCUT2D eigenvalue weighted by Gasteiger charge is -2.23. The van der Waals surface area contributed by atoms with Gasteiger partial charge in [-0.1, -0.05) is 26.8 Å². The fourth-order valence-electron chi connectivity index (χ4n) is 5.76. The van der Waals surface area contributed by atoms with E-state index < -0.39 is 5.92 Å². The molecule has 0 aliphatic carbocycles. The van der Waals surface area contributed by atoms with Crippen LogP contribution in [0.5, 0.6) is 5.75 Å². The van der Waals surface area contributed by atoms with E-state index in [1.54, 1.807) is 13.0 Å². The lowest BCUT2D eigenvalue weighted by atomic mass is 9.88. The van der Waals surface area contributed by atoms with Crippen molar-refractivity contribution in [2.75, 3.05) is 13.6 Å². The smallest absolute Gasteiger partial charge is 0.313 e. The van der Waals surface area contributed by atoms with Gasteiger partial charge in [0.1, 0.15) is 12.4 Å². The highest BCUT2D eigenvalue weighted by Crippen LogP contribution is 2.42. The van der Waals surface area contributed by atoms with Gasteiger partial charge in [-0.2, -0.15) is 0 Å². The highest BCUT2D eigenvalue weighted by molar-refractivity contribution is 5.97. The maximum Gasteiger partial charge on any atom is 0.313 e. The minimum atomic E-state index is -0.447. The molecule has 3 heterocycles. The Balaban J connectivity index is 1.72. The molecule has 5 rings (SSSR count). The minimum Gasteiger partial charge on any atom is -0.508 e. The van der Waals surface area contributed by atoms with Gasteiger partial charge in [0, 0.05) is 24.2 Å². The van der Waals surface area contributed by atoms with Gasteiger partial charge < -0.3 is 19.3 Å². The second-order valence-corrected chi connectivity index (χ2v) is 10.2. The Morgan fingerprint density at radius 3 is 2.65 bits per heavy atom. The van der Waals surface area contributed by atoms with Gasteiger partial charge in [0.2, 0.25) is 0 Å². The Morgan fingerprint density at radius 2 is 1.94 bits per heavy atom. The van der Waals surface area contributed by atoms with Crippen LogP contribution in [-0.4, -0.2) is 34.1 Å². The molecule has 1 N–H and O–H groups in total. The number of phenols is 1. The number of hydrogen-bond acceptors (Lipinski definition) is 5. The van der Waals surface area contributed by atoms with Crippen molar-refractivity contribution in [3.05, 3.63) is 62.4 Å². The van der Waals surface area contributed by atoms with Crippen molar-refractivity contribution in [2.45, 2.75) is 59.7 Å². The molecule has 2 aliphatic heterocycles. The number of benzene rings is 2. The summed E-state index contributed by atoms with van der Waals surface area (Å²) in [7, 11) is 2.08. The number of fused-ring (bicyclic) bond motifs is 5. The highest BCUT2D eigenvalue weighted by atomic mass is 16.5. The predicted octanol–water partition coefficient (Wildman–Crippen LogP) is 4.55. The van der Waals surface area contributed by atoms with Gasteiger partial charge in [0.05, 0.1) is 23.7 Å². The molecule has 0 fully saturated rings. The number of cyclic esters (lactones) is 1. The fourth-order valence-corrected chi connectivity index (χ4v) is 5.76. The van der Waals surface area contributed by atoms with Crippen LogP contribution in [0, 0.1) is 5.92 Å². The molecule has 34 heavy (non-hydrogen) atoms.